The number of hydrogen-bond acceptors (Lipinski definition) is 9. The summed E-state index contributed by atoms with van der Waals surface area (Å²) in [5, 5.41) is 12.1. The number of nitrogens with two attached hydrogens (primary N) is 1. The largest absolute Gasteiger partial charge is 0.465 e. The van der Waals surface area contributed by atoms with E-state index in [1.165, 1.54) is 34.9 Å². The molecule has 1 amide bonds. The van der Waals surface area contributed by atoms with Crippen LogP contribution in [0.2, 0.25) is 0 Å². The van der Waals surface area contributed by atoms with Crippen LogP contribution in [0.15, 0.2) is 5.16 Å². The molecular formula is C19H25N5O4S2. The number of carbonyl (C=O) groups is 2. The van der Waals surface area contributed by atoms with Crippen molar-refractivity contribution in [3.05, 3.63) is 21.8 Å². The predicted octanol–water partition coefficient (Wildman–Crippen LogP) is 2.55. The number of nitrogens with zero attached hydrogens (tertiary/aromatic N) is 3. The van der Waals surface area contributed by atoms with Crippen molar-refractivity contribution in [1.82, 2.24) is 14.9 Å². The van der Waals surface area contributed by atoms with Gasteiger partial charge in [0.1, 0.15) is 11.1 Å². The highest BCUT2D eigenvalue weighted by molar-refractivity contribution is 7.99. The van der Waals surface area contributed by atoms with E-state index in [-0.39, 0.29) is 17.8 Å². The van der Waals surface area contributed by atoms with E-state index in [9.17, 15) is 9.59 Å². The second-order valence-corrected chi connectivity index (χ2v) is 9.64. The highest BCUT2D eigenvalue weighted by Gasteiger charge is 2.29. The third-order valence-corrected chi connectivity index (χ3v) is 7.51. The van der Waals surface area contributed by atoms with Gasteiger partial charge in [0.15, 0.2) is 5.82 Å². The molecule has 11 heteroatoms. The normalized spacial score (nSPS) is 20.7. The van der Waals surface area contributed by atoms with Crippen molar-refractivity contribution >= 4 is 40.0 Å². The third kappa shape index (κ3) is 4.19. The molecule has 30 heavy (non-hydrogen) atoms. The van der Waals surface area contributed by atoms with Crippen molar-refractivity contribution in [2.24, 2.45) is 5.92 Å². The van der Waals surface area contributed by atoms with Crippen molar-refractivity contribution in [1.29, 1.82) is 0 Å². The number of anilines is 1. The quantitative estimate of drug-likeness (QED) is 0.390. The lowest BCUT2D eigenvalue weighted by Crippen LogP contribution is -2.19. The van der Waals surface area contributed by atoms with Crippen LogP contribution in [0.4, 0.5) is 5.00 Å². The number of ether oxygens (including phenoxy) is 2. The Morgan fingerprint density at radius 1 is 1.40 bits per heavy atom. The summed E-state index contributed by atoms with van der Waals surface area (Å²) < 4.78 is 12.0. The first kappa shape index (κ1) is 21.1. The second-order valence-electron chi connectivity index (χ2n) is 7.60. The number of fused-ring (bicyclic) bond motifs is 1. The number of nitrogen functional groups attached to an aromatic ring is 1. The van der Waals surface area contributed by atoms with Crippen LogP contribution >= 0.6 is 23.1 Å². The number of amides is 1. The van der Waals surface area contributed by atoms with Crippen molar-refractivity contribution in [2.75, 3.05) is 30.6 Å². The van der Waals surface area contributed by atoms with E-state index in [2.05, 4.69) is 22.4 Å². The number of methoxy groups -OCH3 is 1. The molecule has 9 nitrogen and oxygen atoms in total. The van der Waals surface area contributed by atoms with Gasteiger partial charge in [-0.25, -0.2) is 9.47 Å². The highest BCUT2D eigenvalue weighted by Crippen LogP contribution is 2.40. The van der Waals surface area contributed by atoms with E-state index >= 15 is 0 Å². The molecule has 2 aromatic rings. The molecule has 2 aliphatic rings. The molecule has 2 aromatic heterocycles. The number of rotatable bonds is 6. The van der Waals surface area contributed by atoms with Gasteiger partial charge < -0.3 is 20.6 Å². The molecule has 0 spiro atoms. The van der Waals surface area contributed by atoms with Gasteiger partial charge in [0.2, 0.25) is 11.1 Å². The Hall–Kier alpha value is -2.11. The first-order chi connectivity index (χ1) is 14.5. The summed E-state index contributed by atoms with van der Waals surface area (Å²) in [6, 6.07) is 0. The standard InChI is InChI=1S/C19H25N5O4S2/c1-10-5-6-11-13(8-10)30-17(15(11)18(26)27-2)21-14(25)9-29-19-23-22-16(24(19)20)12-4-3-7-28-12/h10,12H,3-9,20H2,1-2H3,(H,21,25)/t10-,12-/m1/s1. The second kappa shape index (κ2) is 8.94. The molecule has 1 aliphatic carbocycles. The predicted molar refractivity (Wildman–Crippen MR) is 114 cm³/mol. The monoisotopic (exact) mass is 451 g/mol. The summed E-state index contributed by atoms with van der Waals surface area (Å²) in [6.45, 7) is 2.89. The maximum Gasteiger partial charge on any atom is 0.341 e. The minimum absolute atomic E-state index is 0.0977. The molecule has 0 saturated carbocycles. The van der Waals surface area contributed by atoms with Crippen LogP contribution < -0.4 is 11.2 Å². The van der Waals surface area contributed by atoms with Crippen LogP contribution in [-0.4, -0.2) is 46.2 Å². The van der Waals surface area contributed by atoms with Crippen LogP contribution in [-0.2, 0) is 27.1 Å². The van der Waals surface area contributed by atoms with Crippen LogP contribution in [0.1, 0.15) is 58.9 Å². The number of carbonyl (C=O) groups excluding carboxylic acids is 2. The SMILES string of the molecule is COC(=O)c1c(NC(=O)CSc2nnc([C@H]3CCCO3)n2N)sc2c1CC[C@@H](C)C2. The molecule has 4 rings (SSSR count). The van der Waals surface area contributed by atoms with Crippen molar-refractivity contribution in [3.8, 4) is 0 Å². The van der Waals surface area contributed by atoms with E-state index in [0.717, 1.165) is 42.5 Å². The molecule has 1 saturated heterocycles. The lowest BCUT2D eigenvalue weighted by Gasteiger charge is -2.18. The fourth-order valence-electron chi connectivity index (χ4n) is 3.84. The zero-order valence-corrected chi connectivity index (χ0v) is 18.6. The van der Waals surface area contributed by atoms with Gasteiger partial charge in [0.05, 0.1) is 18.4 Å². The van der Waals surface area contributed by atoms with E-state index in [4.69, 9.17) is 15.3 Å². The van der Waals surface area contributed by atoms with E-state index < -0.39 is 5.97 Å². The summed E-state index contributed by atoms with van der Waals surface area (Å²) in [5.41, 5.74) is 1.50. The average Bonchev–Trinajstić information content (AvgIpc) is 3.44. The van der Waals surface area contributed by atoms with Gasteiger partial charge in [-0.05, 0) is 43.6 Å². The number of esters is 1. The number of nitrogens with one attached hydrogen (secondary N) is 1. The summed E-state index contributed by atoms with van der Waals surface area (Å²) >= 11 is 2.66. The topological polar surface area (TPSA) is 121 Å². The summed E-state index contributed by atoms with van der Waals surface area (Å²) in [4.78, 5) is 26.1. The fourth-order valence-corrected chi connectivity index (χ4v) is 5.92. The fraction of sp³-hybridized carbons (Fsp3) is 0.579. The minimum Gasteiger partial charge on any atom is -0.465 e. The van der Waals surface area contributed by atoms with Gasteiger partial charge >= 0.3 is 5.97 Å². The van der Waals surface area contributed by atoms with Gasteiger partial charge in [-0.2, -0.15) is 0 Å². The lowest BCUT2D eigenvalue weighted by molar-refractivity contribution is -0.113. The molecule has 0 bridgehead atoms. The van der Waals surface area contributed by atoms with Gasteiger partial charge in [-0.1, -0.05) is 18.7 Å². The van der Waals surface area contributed by atoms with E-state index in [1.807, 2.05) is 0 Å². The number of hydrogen-bond donors (Lipinski definition) is 2. The maximum absolute atomic E-state index is 12.6. The Morgan fingerprint density at radius 3 is 2.97 bits per heavy atom. The zero-order valence-electron chi connectivity index (χ0n) is 17.0. The van der Waals surface area contributed by atoms with Crippen molar-refractivity contribution < 1.29 is 19.1 Å². The third-order valence-electron chi connectivity index (χ3n) is 5.40. The Balaban J connectivity index is 1.44. The van der Waals surface area contributed by atoms with Gasteiger partial charge in [0, 0.05) is 11.5 Å². The molecule has 1 aliphatic heterocycles. The molecule has 0 aromatic carbocycles. The highest BCUT2D eigenvalue weighted by atomic mass is 32.2. The van der Waals surface area contributed by atoms with Gasteiger partial charge in [-0.3, -0.25) is 4.79 Å². The van der Waals surface area contributed by atoms with Crippen molar-refractivity contribution in [3.63, 3.8) is 0 Å². The summed E-state index contributed by atoms with van der Waals surface area (Å²) in [6.07, 6.45) is 4.44. The number of aromatic nitrogens is 3. The lowest BCUT2D eigenvalue weighted by atomic mass is 9.88. The minimum atomic E-state index is -0.409. The van der Waals surface area contributed by atoms with Crippen LogP contribution in [0.25, 0.3) is 0 Å². The van der Waals surface area contributed by atoms with Gasteiger partial charge in [-0.15, -0.1) is 21.5 Å². The molecule has 2 atom stereocenters. The molecule has 0 unspecified atom stereocenters. The smallest absolute Gasteiger partial charge is 0.341 e. The first-order valence-electron chi connectivity index (χ1n) is 9.95. The average molecular weight is 452 g/mol. The van der Waals surface area contributed by atoms with E-state index in [1.54, 1.807) is 0 Å². The molecule has 3 heterocycles. The van der Waals surface area contributed by atoms with E-state index in [0.29, 0.717) is 34.1 Å². The zero-order chi connectivity index (χ0) is 21.3. The molecule has 3 N–H and O–H groups in total. The molecule has 1 fully saturated rings. The number of thioether (sulfide) groups is 1. The van der Waals surface area contributed by atoms with Gasteiger partial charge in [0.25, 0.3) is 0 Å². The number of thiophene rings is 1. The summed E-state index contributed by atoms with van der Waals surface area (Å²) in [7, 11) is 1.36. The maximum atomic E-state index is 12.6. The van der Waals surface area contributed by atoms with Crippen LogP contribution in [0, 0.1) is 5.92 Å². The Morgan fingerprint density at radius 2 is 2.23 bits per heavy atom. The van der Waals surface area contributed by atoms with Crippen molar-refractivity contribution in [2.45, 2.75) is 50.3 Å². The molecular weight excluding hydrogens is 426 g/mol. The molecule has 162 valence electrons. The first-order valence-corrected chi connectivity index (χ1v) is 11.8. The Bertz CT molecular complexity index is 951. The van der Waals surface area contributed by atoms with Crippen LogP contribution in [0.3, 0.4) is 0 Å². The Labute approximate surface area is 182 Å². The summed E-state index contributed by atoms with van der Waals surface area (Å²) in [5.74, 6) is 6.67. The Kier molecular flexibility index (Phi) is 6.30. The van der Waals surface area contributed by atoms with Crippen LogP contribution in [0.5, 0.6) is 0 Å². The molecule has 0 radical (unpaired) electrons.